The number of nitrogens with one attached hydrogen (secondary N) is 1. The first kappa shape index (κ1) is 15.1. The number of rotatable bonds is 5. The second-order valence-electron chi connectivity index (χ2n) is 5.23. The van der Waals surface area contributed by atoms with Crippen molar-refractivity contribution in [2.45, 2.75) is 19.4 Å². The summed E-state index contributed by atoms with van der Waals surface area (Å²) in [4.78, 5) is 24.1. The first-order chi connectivity index (χ1) is 10.8. The van der Waals surface area contributed by atoms with Crippen LogP contribution in [0.1, 0.15) is 18.7 Å². The van der Waals surface area contributed by atoms with E-state index in [1.54, 1.807) is 11.3 Å². The second kappa shape index (κ2) is 6.99. The molecule has 8 heteroatoms. The van der Waals surface area contributed by atoms with Crippen LogP contribution in [0.25, 0.3) is 10.7 Å². The summed E-state index contributed by atoms with van der Waals surface area (Å²) in [5.41, 5.74) is 2.41. The molecule has 22 heavy (non-hydrogen) atoms. The van der Waals surface area contributed by atoms with E-state index in [4.69, 9.17) is 9.36 Å². The molecule has 2 aromatic heterocycles. The zero-order valence-corrected chi connectivity index (χ0v) is 13.1. The quantitative estimate of drug-likeness (QED) is 0.844. The normalized spacial score (nSPS) is 19.2. The van der Waals surface area contributed by atoms with E-state index in [0.29, 0.717) is 24.8 Å². The average molecular weight is 322 g/mol. The van der Waals surface area contributed by atoms with Crippen molar-refractivity contribution in [1.82, 2.24) is 20.5 Å². The predicted octanol–water partition coefficient (Wildman–Crippen LogP) is 1.69. The summed E-state index contributed by atoms with van der Waals surface area (Å²) >= 11 is 1.58. The molecule has 2 aromatic rings. The molecule has 1 amide bonds. The monoisotopic (exact) mass is 322 g/mol. The van der Waals surface area contributed by atoms with Gasteiger partial charge in [0.2, 0.25) is 17.6 Å². The maximum absolute atomic E-state index is 11.8. The Balaban J connectivity index is 1.60. The largest absolute Gasteiger partial charge is 0.338 e. The number of hydroxylamine groups is 1. The Bertz CT molecular complexity index is 613. The van der Waals surface area contributed by atoms with Crippen LogP contribution < -0.4 is 5.48 Å². The van der Waals surface area contributed by atoms with Crippen LogP contribution in [-0.2, 0) is 16.2 Å². The van der Waals surface area contributed by atoms with Crippen LogP contribution in [0.4, 0.5) is 0 Å². The van der Waals surface area contributed by atoms with Gasteiger partial charge in [0.1, 0.15) is 0 Å². The smallest absolute Gasteiger partial charge is 0.247 e. The molecule has 0 spiro atoms. The SMILES string of the molecule is CONC(=O)[C@@H]1CCCN(Cc2nc(-c3cccs3)no2)C1. The molecule has 0 saturated carbocycles. The van der Waals surface area contributed by atoms with Gasteiger partial charge < -0.3 is 4.52 Å². The number of hydrogen-bond acceptors (Lipinski definition) is 7. The van der Waals surface area contributed by atoms with E-state index in [1.807, 2.05) is 17.5 Å². The molecule has 0 aliphatic carbocycles. The van der Waals surface area contributed by atoms with Crippen LogP contribution in [0.5, 0.6) is 0 Å². The zero-order chi connectivity index (χ0) is 15.4. The van der Waals surface area contributed by atoms with Crippen LogP contribution in [0.15, 0.2) is 22.0 Å². The summed E-state index contributed by atoms with van der Waals surface area (Å²) in [6.07, 6.45) is 1.84. The maximum atomic E-state index is 11.8. The standard InChI is InChI=1S/C14H18N4O3S/c1-20-17-14(19)10-4-2-6-18(8-10)9-12-15-13(16-21-12)11-5-3-7-22-11/h3,5,7,10H,2,4,6,8-9H2,1H3,(H,17,19)/t10-/m1/s1. The van der Waals surface area contributed by atoms with Crippen molar-refractivity contribution in [3.8, 4) is 10.7 Å². The van der Waals surface area contributed by atoms with Crippen molar-refractivity contribution in [2.75, 3.05) is 20.2 Å². The highest BCUT2D eigenvalue weighted by Crippen LogP contribution is 2.23. The minimum Gasteiger partial charge on any atom is -0.338 e. The number of carbonyl (C=O) groups excluding carboxylic acids is 1. The number of carbonyl (C=O) groups is 1. The Morgan fingerprint density at radius 3 is 3.32 bits per heavy atom. The van der Waals surface area contributed by atoms with E-state index in [0.717, 1.165) is 24.3 Å². The van der Waals surface area contributed by atoms with Crippen LogP contribution >= 0.6 is 11.3 Å². The van der Waals surface area contributed by atoms with Gasteiger partial charge in [0, 0.05) is 6.54 Å². The third kappa shape index (κ3) is 3.52. The molecule has 0 aromatic carbocycles. The fourth-order valence-corrected chi connectivity index (χ4v) is 3.26. The third-order valence-corrected chi connectivity index (χ3v) is 4.51. The summed E-state index contributed by atoms with van der Waals surface area (Å²) in [7, 11) is 1.45. The molecule has 0 unspecified atom stereocenters. The summed E-state index contributed by atoms with van der Waals surface area (Å²) in [6, 6.07) is 3.92. The van der Waals surface area contributed by atoms with Gasteiger partial charge in [-0.3, -0.25) is 14.5 Å². The number of nitrogens with zero attached hydrogens (tertiary/aromatic N) is 3. The molecule has 3 heterocycles. The molecule has 1 aliphatic heterocycles. The Morgan fingerprint density at radius 1 is 1.64 bits per heavy atom. The summed E-state index contributed by atoms with van der Waals surface area (Å²) in [5, 5.41) is 5.99. The third-order valence-electron chi connectivity index (χ3n) is 3.65. The lowest BCUT2D eigenvalue weighted by Crippen LogP contribution is -2.42. The number of amides is 1. The Labute approximate surface area is 132 Å². The minimum absolute atomic E-state index is 0.0617. The number of likely N-dealkylation sites (tertiary alicyclic amines) is 1. The molecule has 118 valence electrons. The highest BCUT2D eigenvalue weighted by atomic mass is 32.1. The van der Waals surface area contributed by atoms with Crippen molar-refractivity contribution in [1.29, 1.82) is 0 Å². The van der Waals surface area contributed by atoms with E-state index in [2.05, 4.69) is 20.5 Å². The lowest BCUT2D eigenvalue weighted by atomic mass is 9.97. The molecular weight excluding hydrogens is 304 g/mol. The highest BCUT2D eigenvalue weighted by Gasteiger charge is 2.27. The van der Waals surface area contributed by atoms with E-state index >= 15 is 0 Å². The molecule has 1 fully saturated rings. The van der Waals surface area contributed by atoms with E-state index in [9.17, 15) is 4.79 Å². The lowest BCUT2D eigenvalue weighted by molar-refractivity contribution is -0.137. The van der Waals surface area contributed by atoms with Crippen molar-refractivity contribution in [3.63, 3.8) is 0 Å². The number of aromatic nitrogens is 2. The van der Waals surface area contributed by atoms with Crippen molar-refractivity contribution in [2.24, 2.45) is 5.92 Å². The van der Waals surface area contributed by atoms with E-state index in [-0.39, 0.29) is 11.8 Å². The Hall–Kier alpha value is -1.77. The molecule has 1 aliphatic rings. The van der Waals surface area contributed by atoms with Crippen LogP contribution in [0.3, 0.4) is 0 Å². The van der Waals surface area contributed by atoms with Crippen molar-refractivity contribution in [3.05, 3.63) is 23.4 Å². The molecular formula is C14H18N4O3S. The van der Waals surface area contributed by atoms with Gasteiger partial charge in [0.05, 0.1) is 24.4 Å². The van der Waals surface area contributed by atoms with Crippen molar-refractivity contribution >= 4 is 17.2 Å². The molecule has 1 atom stereocenters. The van der Waals surface area contributed by atoms with E-state index < -0.39 is 0 Å². The Kier molecular flexibility index (Phi) is 4.81. The highest BCUT2D eigenvalue weighted by molar-refractivity contribution is 7.13. The number of thiophene rings is 1. The van der Waals surface area contributed by atoms with Gasteiger partial charge in [-0.2, -0.15) is 4.98 Å². The van der Waals surface area contributed by atoms with Crippen LogP contribution in [0.2, 0.25) is 0 Å². The van der Waals surface area contributed by atoms with Gasteiger partial charge in [-0.05, 0) is 30.8 Å². The molecule has 1 saturated heterocycles. The Morgan fingerprint density at radius 2 is 2.55 bits per heavy atom. The summed E-state index contributed by atoms with van der Waals surface area (Å²) < 4.78 is 5.31. The molecule has 0 bridgehead atoms. The van der Waals surface area contributed by atoms with Gasteiger partial charge in [0.15, 0.2) is 0 Å². The van der Waals surface area contributed by atoms with Gasteiger partial charge in [-0.25, -0.2) is 5.48 Å². The fourth-order valence-electron chi connectivity index (χ4n) is 2.61. The van der Waals surface area contributed by atoms with Crippen LogP contribution in [0, 0.1) is 5.92 Å². The van der Waals surface area contributed by atoms with Crippen molar-refractivity contribution < 1.29 is 14.2 Å². The molecule has 3 rings (SSSR count). The number of piperidine rings is 1. The average Bonchev–Trinajstić information content (AvgIpc) is 3.18. The van der Waals surface area contributed by atoms with E-state index in [1.165, 1.54) is 7.11 Å². The summed E-state index contributed by atoms with van der Waals surface area (Å²) in [5.74, 6) is 1.07. The zero-order valence-electron chi connectivity index (χ0n) is 12.3. The second-order valence-corrected chi connectivity index (χ2v) is 6.18. The topological polar surface area (TPSA) is 80.5 Å². The summed E-state index contributed by atoms with van der Waals surface area (Å²) in [6.45, 7) is 2.16. The first-order valence-corrected chi connectivity index (χ1v) is 8.06. The van der Waals surface area contributed by atoms with Crippen LogP contribution in [-0.4, -0.2) is 41.1 Å². The maximum Gasteiger partial charge on any atom is 0.247 e. The van der Waals surface area contributed by atoms with Gasteiger partial charge in [0.25, 0.3) is 0 Å². The molecule has 0 radical (unpaired) electrons. The predicted molar refractivity (Wildman–Crippen MR) is 80.8 cm³/mol. The van der Waals surface area contributed by atoms with Gasteiger partial charge >= 0.3 is 0 Å². The van der Waals surface area contributed by atoms with Gasteiger partial charge in [-0.1, -0.05) is 11.2 Å². The lowest BCUT2D eigenvalue weighted by Gasteiger charge is -2.30. The van der Waals surface area contributed by atoms with Gasteiger partial charge in [-0.15, -0.1) is 11.3 Å². The fraction of sp³-hybridized carbons (Fsp3) is 0.500. The molecule has 7 nitrogen and oxygen atoms in total. The number of hydrogen-bond donors (Lipinski definition) is 1. The molecule has 1 N–H and O–H groups in total. The minimum atomic E-state index is -0.0722. The first-order valence-electron chi connectivity index (χ1n) is 7.18.